The Hall–Kier alpha value is -2.46. The average molecular weight is 316 g/mol. The van der Waals surface area contributed by atoms with Gasteiger partial charge in [0.05, 0.1) is 0 Å². The van der Waals surface area contributed by atoms with Gasteiger partial charge in [-0.25, -0.2) is 0 Å². The normalized spacial score (nSPS) is 13.1. The van der Waals surface area contributed by atoms with E-state index in [-0.39, 0.29) is 5.91 Å². The molecule has 0 aromatic heterocycles. The van der Waals surface area contributed by atoms with Crippen LogP contribution in [0.5, 0.6) is 11.5 Å². The Kier molecular flexibility index (Phi) is 4.30. The van der Waals surface area contributed by atoms with Crippen LogP contribution in [0, 0.1) is 0 Å². The van der Waals surface area contributed by atoms with E-state index in [1.165, 1.54) is 6.08 Å². The van der Waals surface area contributed by atoms with E-state index in [9.17, 15) is 4.79 Å². The minimum atomic E-state index is -0.239. The third-order valence-corrected chi connectivity index (χ3v) is 3.47. The average Bonchev–Trinajstić information content (AvgIpc) is 2.54. The second-order valence-electron chi connectivity index (χ2n) is 4.70. The van der Waals surface area contributed by atoms with Crippen LogP contribution in [-0.2, 0) is 4.79 Å². The Morgan fingerprint density at radius 2 is 1.86 bits per heavy atom. The second-order valence-corrected chi connectivity index (χ2v) is 5.11. The first-order valence-electron chi connectivity index (χ1n) is 6.85. The van der Waals surface area contributed by atoms with Crippen molar-refractivity contribution in [3.8, 4) is 11.5 Å². The van der Waals surface area contributed by atoms with E-state index in [1.54, 1.807) is 30.3 Å². The molecule has 112 valence electrons. The standard InChI is InChI=1S/C17H14ClNO3/c18-14-4-2-1-3-12(14)5-8-17(20)19-13-6-7-15-16(11-13)22-10-9-21-15/h1-8,11H,9-10H2,(H,19,20). The van der Waals surface area contributed by atoms with Crippen LogP contribution < -0.4 is 14.8 Å². The van der Waals surface area contributed by atoms with Crippen molar-refractivity contribution in [1.29, 1.82) is 0 Å². The molecule has 5 heteroatoms. The summed E-state index contributed by atoms with van der Waals surface area (Å²) >= 11 is 6.03. The molecule has 0 saturated carbocycles. The van der Waals surface area contributed by atoms with Gasteiger partial charge in [0.1, 0.15) is 13.2 Å². The van der Waals surface area contributed by atoms with Crippen LogP contribution in [0.3, 0.4) is 0 Å². The zero-order valence-corrected chi connectivity index (χ0v) is 12.5. The van der Waals surface area contributed by atoms with Gasteiger partial charge in [-0.15, -0.1) is 0 Å². The number of hydrogen-bond acceptors (Lipinski definition) is 3. The first kappa shape index (κ1) is 14.5. The highest BCUT2D eigenvalue weighted by Gasteiger charge is 2.12. The molecule has 0 unspecified atom stereocenters. The van der Waals surface area contributed by atoms with Crippen molar-refractivity contribution in [2.24, 2.45) is 0 Å². The fourth-order valence-corrected chi connectivity index (χ4v) is 2.28. The van der Waals surface area contributed by atoms with E-state index in [0.29, 0.717) is 35.4 Å². The summed E-state index contributed by atoms with van der Waals surface area (Å²) in [6.07, 6.45) is 3.12. The molecule has 22 heavy (non-hydrogen) atoms. The lowest BCUT2D eigenvalue weighted by atomic mass is 10.2. The maximum atomic E-state index is 12.0. The van der Waals surface area contributed by atoms with Crippen LogP contribution in [0.4, 0.5) is 5.69 Å². The Morgan fingerprint density at radius 1 is 1.09 bits per heavy atom. The molecule has 1 aliphatic rings. The summed E-state index contributed by atoms with van der Waals surface area (Å²) in [6.45, 7) is 1.05. The summed E-state index contributed by atoms with van der Waals surface area (Å²) in [7, 11) is 0. The Bertz CT molecular complexity index is 728. The SMILES string of the molecule is O=C(C=Cc1ccccc1Cl)Nc1ccc2c(c1)OCCO2. The molecule has 0 saturated heterocycles. The predicted octanol–water partition coefficient (Wildman–Crippen LogP) is 3.76. The third kappa shape index (κ3) is 3.40. The molecular formula is C17H14ClNO3. The molecule has 1 amide bonds. The van der Waals surface area contributed by atoms with Crippen molar-refractivity contribution in [3.63, 3.8) is 0 Å². The minimum Gasteiger partial charge on any atom is -0.486 e. The van der Waals surface area contributed by atoms with E-state index in [1.807, 2.05) is 18.2 Å². The Balaban J connectivity index is 1.68. The molecule has 0 aliphatic carbocycles. The Labute approximate surface area is 133 Å². The van der Waals surface area contributed by atoms with Crippen molar-refractivity contribution < 1.29 is 14.3 Å². The van der Waals surface area contributed by atoms with Crippen molar-refractivity contribution >= 4 is 29.3 Å². The van der Waals surface area contributed by atoms with E-state index >= 15 is 0 Å². The monoisotopic (exact) mass is 315 g/mol. The minimum absolute atomic E-state index is 0.239. The Morgan fingerprint density at radius 3 is 2.68 bits per heavy atom. The molecule has 0 radical (unpaired) electrons. The number of hydrogen-bond donors (Lipinski definition) is 1. The molecule has 0 atom stereocenters. The second kappa shape index (κ2) is 6.54. The molecule has 1 N–H and O–H groups in total. The number of carbonyl (C=O) groups excluding carboxylic acids is 1. The number of ether oxygens (including phenoxy) is 2. The van der Waals surface area contributed by atoms with Gasteiger partial charge in [-0.1, -0.05) is 29.8 Å². The highest BCUT2D eigenvalue weighted by molar-refractivity contribution is 6.32. The molecule has 1 heterocycles. The number of anilines is 1. The van der Waals surface area contributed by atoms with Gasteiger partial charge in [-0.3, -0.25) is 4.79 Å². The highest BCUT2D eigenvalue weighted by Crippen LogP contribution is 2.32. The fourth-order valence-electron chi connectivity index (χ4n) is 2.08. The summed E-state index contributed by atoms with van der Waals surface area (Å²) in [5.41, 5.74) is 1.44. The van der Waals surface area contributed by atoms with E-state index in [2.05, 4.69) is 5.32 Å². The molecule has 3 rings (SSSR count). The zero-order valence-electron chi connectivity index (χ0n) is 11.7. The van der Waals surface area contributed by atoms with Gasteiger partial charge < -0.3 is 14.8 Å². The number of carbonyl (C=O) groups is 1. The van der Waals surface area contributed by atoms with Gasteiger partial charge in [-0.2, -0.15) is 0 Å². The van der Waals surface area contributed by atoms with Crippen molar-refractivity contribution in [2.75, 3.05) is 18.5 Å². The predicted molar refractivity (Wildman–Crippen MR) is 86.5 cm³/mol. The van der Waals surface area contributed by atoms with Gasteiger partial charge in [0.2, 0.25) is 5.91 Å². The van der Waals surface area contributed by atoms with Gasteiger partial charge in [-0.05, 0) is 29.8 Å². The molecule has 2 aromatic carbocycles. The first-order chi connectivity index (χ1) is 10.7. The maximum absolute atomic E-state index is 12.0. The molecule has 0 fully saturated rings. The van der Waals surface area contributed by atoms with Crippen LogP contribution in [0.1, 0.15) is 5.56 Å². The molecule has 0 spiro atoms. The summed E-state index contributed by atoms with van der Waals surface area (Å²) in [5, 5.41) is 3.38. The smallest absolute Gasteiger partial charge is 0.248 e. The number of benzene rings is 2. The highest BCUT2D eigenvalue weighted by atomic mass is 35.5. The fraction of sp³-hybridized carbons (Fsp3) is 0.118. The number of rotatable bonds is 3. The van der Waals surface area contributed by atoms with Crippen LogP contribution in [0.25, 0.3) is 6.08 Å². The van der Waals surface area contributed by atoms with E-state index < -0.39 is 0 Å². The molecule has 1 aliphatic heterocycles. The van der Waals surface area contributed by atoms with E-state index in [0.717, 1.165) is 5.56 Å². The summed E-state index contributed by atoms with van der Waals surface area (Å²) in [5.74, 6) is 1.09. The van der Waals surface area contributed by atoms with Crippen LogP contribution in [0.2, 0.25) is 5.02 Å². The lowest BCUT2D eigenvalue weighted by molar-refractivity contribution is -0.111. The van der Waals surface area contributed by atoms with Gasteiger partial charge >= 0.3 is 0 Å². The van der Waals surface area contributed by atoms with Crippen LogP contribution in [-0.4, -0.2) is 19.1 Å². The van der Waals surface area contributed by atoms with Crippen molar-refractivity contribution in [2.45, 2.75) is 0 Å². The van der Waals surface area contributed by atoms with Gasteiger partial charge in [0.15, 0.2) is 11.5 Å². The van der Waals surface area contributed by atoms with Gasteiger partial charge in [0, 0.05) is 22.9 Å². The lowest BCUT2D eigenvalue weighted by Gasteiger charge is -2.18. The molecule has 4 nitrogen and oxygen atoms in total. The van der Waals surface area contributed by atoms with Gasteiger partial charge in [0.25, 0.3) is 0 Å². The summed E-state index contributed by atoms with van der Waals surface area (Å²) < 4.78 is 10.9. The zero-order chi connectivity index (χ0) is 15.4. The molecule has 2 aromatic rings. The maximum Gasteiger partial charge on any atom is 0.248 e. The van der Waals surface area contributed by atoms with Crippen LogP contribution in [0.15, 0.2) is 48.5 Å². The first-order valence-corrected chi connectivity index (χ1v) is 7.23. The lowest BCUT2D eigenvalue weighted by Crippen LogP contribution is -2.16. The summed E-state index contributed by atoms with van der Waals surface area (Å²) in [6, 6.07) is 12.6. The third-order valence-electron chi connectivity index (χ3n) is 3.13. The number of fused-ring (bicyclic) bond motifs is 1. The summed E-state index contributed by atoms with van der Waals surface area (Å²) in [4.78, 5) is 12.0. The van der Waals surface area contributed by atoms with Crippen molar-refractivity contribution in [3.05, 3.63) is 59.1 Å². The topological polar surface area (TPSA) is 47.6 Å². The van der Waals surface area contributed by atoms with Crippen molar-refractivity contribution in [1.82, 2.24) is 0 Å². The van der Waals surface area contributed by atoms with Crippen LogP contribution >= 0.6 is 11.6 Å². The van der Waals surface area contributed by atoms with E-state index in [4.69, 9.17) is 21.1 Å². The number of nitrogens with one attached hydrogen (secondary N) is 1. The number of halogens is 1. The number of amides is 1. The quantitative estimate of drug-likeness (QED) is 0.877. The molecule has 0 bridgehead atoms. The molecular weight excluding hydrogens is 302 g/mol. The largest absolute Gasteiger partial charge is 0.486 e.